The quantitative estimate of drug-likeness (QED) is 0.0792. The average molecular weight is 686 g/mol. The number of amides is 1. The van der Waals surface area contributed by atoms with Crippen LogP contribution >= 0.6 is 36.0 Å². The molecule has 5 rings (SSSR count). The SMILES string of the molecule is CC(NNC(S)/N=C1\SCC(=O)N1c1cc(Cl)ccc1C(F)(F)F)c1ccc(-c2ncn(-c3ccc(C(F)(F)F)cc3)n2)cc1. The Morgan fingerprint density at radius 1 is 0.978 bits per heavy atom. The van der Waals surface area contributed by atoms with E-state index in [1.165, 1.54) is 23.1 Å². The molecule has 0 spiro atoms. The zero-order valence-electron chi connectivity index (χ0n) is 22.9. The Morgan fingerprint density at radius 3 is 2.31 bits per heavy atom. The zero-order valence-corrected chi connectivity index (χ0v) is 25.4. The zero-order chi connectivity index (χ0) is 32.5. The maximum Gasteiger partial charge on any atom is 0.418 e. The van der Waals surface area contributed by atoms with E-state index in [1.807, 2.05) is 19.1 Å². The number of aliphatic imine (C=N–C) groups is 1. The number of nitrogens with zero attached hydrogens (tertiary/aromatic N) is 5. The Hall–Kier alpha value is -3.57. The van der Waals surface area contributed by atoms with Gasteiger partial charge in [-0.1, -0.05) is 47.6 Å². The number of aromatic nitrogens is 3. The highest BCUT2D eigenvalue weighted by Crippen LogP contribution is 2.40. The minimum Gasteiger partial charge on any atom is -0.273 e. The normalized spacial score (nSPS) is 16.4. The Bertz CT molecular complexity index is 1710. The highest BCUT2D eigenvalue weighted by molar-refractivity contribution is 8.15. The molecule has 2 atom stereocenters. The summed E-state index contributed by atoms with van der Waals surface area (Å²) in [5.74, 6) is -0.309. The predicted octanol–water partition coefficient (Wildman–Crippen LogP) is 7.13. The Morgan fingerprint density at radius 2 is 1.67 bits per heavy atom. The number of thiol groups is 1. The van der Waals surface area contributed by atoms with Gasteiger partial charge in [-0.05, 0) is 55.0 Å². The number of carbonyl (C=O) groups excluding carboxylic acids is 1. The van der Waals surface area contributed by atoms with Gasteiger partial charge >= 0.3 is 12.4 Å². The molecule has 4 aromatic rings. The number of halogens is 7. The summed E-state index contributed by atoms with van der Waals surface area (Å²) >= 11 is 11.3. The number of rotatable bonds is 8. The van der Waals surface area contributed by atoms with Gasteiger partial charge in [0.05, 0.1) is 28.3 Å². The molecule has 45 heavy (non-hydrogen) atoms. The van der Waals surface area contributed by atoms with Crippen LogP contribution in [0.3, 0.4) is 0 Å². The number of amidine groups is 1. The van der Waals surface area contributed by atoms with Crippen LogP contribution in [0.25, 0.3) is 17.1 Å². The maximum atomic E-state index is 13.7. The van der Waals surface area contributed by atoms with Crippen LogP contribution in [0.1, 0.15) is 29.7 Å². The third kappa shape index (κ3) is 7.64. The predicted molar refractivity (Wildman–Crippen MR) is 163 cm³/mol. The highest BCUT2D eigenvalue weighted by atomic mass is 35.5. The number of nitrogens with one attached hydrogen (secondary N) is 2. The van der Waals surface area contributed by atoms with E-state index in [-0.39, 0.29) is 22.0 Å². The molecule has 2 heterocycles. The van der Waals surface area contributed by atoms with Crippen molar-refractivity contribution in [3.63, 3.8) is 0 Å². The van der Waals surface area contributed by atoms with Crippen molar-refractivity contribution in [2.24, 2.45) is 4.99 Å². The number of anilines is 1. The second-order valence-electron chi connectivity index (χ2n) is 9.65. The monoisotopic (exact) mass is 685 g/mol. The number of hydrogen-bond acceptors (Lipinski definition) is 8. The summed E-state index contributed by atoms with van der Waals surface area (Å²) in [5, 5.41) is 4.42. The first-order valence-electron chi connectivity index (χ1n) is 13.0. The molecule has 0 radical (unpaired) electrons. The van der Waals surface area contributed by atoms with Gasteiger partial charge < -0.3 is 0 Å². The van der Waals surface area contributed by atoms with Crippen LogP contribution in [0, 0.1) is 0 Å². The van der Waals surface area contributed by atoms with Gasteiger partial charge in [-0.3, -0.25) is 9.69 Å². The molecule has 0 saturated carbocycles. The van der Waals surface area contributed by atoms with Gasteiger partial charge in [-0.25, -0.2) is 25.5 Å². The van der Waals surface area contributed by atoms with Gasteiger partial charge in [0, 0.05) is 16.6 Å². The molecule has 2 unspecified atom stereocenters. The van der Waals surface area contributed by atoms with Crippen molar-refractivity contribution in [1.29, 1.82) is 0 Å². The molecule has 1 saturated heterocycles. The lowest BCUT2D eigenvalue weighted by atomic mass is 10.1. The standard InChI is InChI=1S/C28H22ClF6N7OS2/c1-15(16-2-4-17(5-3-16)24-36-14-41(40-24)20-9-6-18(7-10-20)27(30,31)32)38-39-25(44)37-26-42(23(43)13-45-26)22-12-19(29)8-11-21(22)28(33,34)35/h2-12,14-15,25,38-39,44H,13H2,1H3/b37-26-. The third-order valence-electron chi connectivity index (χ3n) is 6.55. The fourth-order valence-corrected chi connectivity index (χ4v) is 5.61. The largest absolute Gasteiger partial charge is 0.418 e. The summed E-state index contributed by atoms with van der Waals surface area (Å²) in [5.41, 5.74) is 4.68. The molecule has 1 aromatic heterocycles. The van der Waals surface area contributed by atoms with Crippen LogP contribution in [-0.4, -0.2) is 37.1 Å². The van der Waals surface area contributed by atoms with Crippen molar-refractivity contribution < 1.29 is 31.1 Å². The van der Waals surface area contributed by atoms with Gasteiger partial charge in [-0.15, -0.1) is 17.7 Å². The van der Waals surface area contributed by atoms with E-state index in [1.54, 1.807) is 12.1 Å². The van der Waals surface area contributed by atoms with Crippen molar-refractivity contribution >= 4 is 52.8 Å². The topological polar surface area (TPSA) is 87.4 Å². The molecule has 0 aliphatic carbocycles. The lowest BCUT2D eigenvalue weighted by Crippen LogP contribution is -2.40. The molecule has 1 fully saturated rings. The van der Waals surface area contributed by atoms with Crippen molar-refractivity contribution in [1.82, 2.24) is 25.6 Å². The van der Waals surface area contributed by atoms with E-state index in [0.29, 0.717) is 17.1 Å². The van der Waals surface area contributed by atoms with Crippen molar-refractivity contribution in [3.8, 4) is 17.1 Å². The molecule has 1 amide bonds. The van der Waals surface area contributed by atoms with Gasteiger partial charge in [0.25, 0.3) is 0 Å². The lowest BCUT2D eigenvalue weighted by molar-refractivity contribution is -0.138. The minimum atomic E-state index is -4.72. The fraction of sp³-hybridized carbons (Fsp3) is 0.214. The van der Waals surface area contributed by atoms with Gasteiger partial charge in [0.15, 0.2) is 16.5 Å². The van der Waals surface area contributed by atoms with Gasteiger partial charge in [0.1, 0.15) is 6.33 Å². The van der Waals surface area contributed by atoms with Crippen LogP contribution in [0.5, 0.6) is 0 Å². The highest BCUT2D eigenvalue weighted by Gasteiger charge is 2.40. The smallest absolute Gasteiger partial charge is 0.273 e. The van der Waals surface area contributed by atoms with Gasteiger partial charge in [-0.2, -0.15) is 26.3 Å². The number of hydrazine groups is 1. The Labute approximate surface area is 267 Å². The second kappa shape index (κ2) is 13.0. The van der Waals surface area contributed by atoms with E-state index >= 15 is 0 Å². The van der Waals surface area contributed by atoms with E-state index in [0.717, 1.165) is 52.6 Å². The number of thioether (sulfide) groups is 1. The van der Waals surface area contributed by atoms with Crippen LogP contribution < -0.4 is 15.8 Å². The maximum absolute atomic E-state index is 13.7. The van der Waals surface area contributed by atoms with E-state index in [9.17, 15) is 31.1 Å². The molecule has 17 heteroatoms. The summed E-state index contributed by atoms with van der Waals surface area (Å²) in [6.45, 7) is 1.84. The first-order valence-corrected chi connectivity index (χ1v) is 14.9. The number of carbonyl (C=O) groups is 1. The van der Waals surface area contributed by atoms with E-state index in [2.05, 4.69) is 38.6 Å². The van der Waals surface area contributed by atoms with Crippen molar-refractivity contribution in [2.45, 2.75) is 30.8 Å². The van der Waals surface area contributed by atoms with E-state index < -0.39 is 40.6 Å². The second-order valence-corrected chi connectivity index (χ2v) is 11.5. The van der Waals surface area contributed by atoms with Crippen LogP contribution in [0.2, 0.25) is 5.02 Å². The summed E-state index contributed by atoms with van der Waals surface area (Å²) in [6.07, 6.45) is -7.75. The first-order chi connectivity index (χ1) is 21.2. The number of hydrogen-bond donors (Lipinski definition) is 3. The summed E-state index contributed by atoms with van der Waals surface area (Å²) < 4.78 is 80.9. The summed E-state index contributed by atoms with van der Waals surface area (Å²) in [4.78, 5) is 22.0. The average Bonchev–Trinajstić information content (AvgIpc) is 3.62. The summed E-state index contributed by atoms with van der Waals surface area (Å²) in [7, 11) is 0. The lowest BCUT2D eigenvalue weighted by Gasteiger charge is -2.23. The van der Waals surface area contributed by atoms with Crippen LogP contribution in [-0.2, 0) is 17.1 Å². The molecule has 1 aliphatic rings. The van der Waals surface area contributed by atoms with Crippen LogP contribution in [0.15, 0.2) is 78.0 Å². The molecule has 0 bridgehead atoms. The van der Waals surface area contributed by atoms with Crippen molar-refractivity contribution in [2.75, 3.05) is 10.7 Å². The first kappa shape index (κ1) is 32.8. The molecule has 3 aromatic carbocycles. The van der Waals surface area contributed by atoms with Crippen molar-refractivity contribution in [3.05, 3.63) is 94.8 Å². The Kier molecular flexibility index (Phi) is 9.51. The molecule has 236 valence electrons. The number of benzene rings is 3. The van der Waals surface area contributed by atoms with Gasteiger partial charge in [0.2, 0.25) is 5.91 Å². The van der Waals surface area contributed by atoms with Crippen LogP contribution in [0.4, 0.5) is 32.0 Å². The molecule has 8 nitrogen and oxygen atoms in total. The third-order valence-corrected chi connectivity index (χ3v) is 7.97. The summed E-state index contributed by atoms with van der Waals surface area (Å²) in [6, 6.07) is 14.5. The fourth-order valence-electron chi connectivity index (χ4n) is 4.29. The van der Waals surface area contributed by atoms with E-state index in [4.69, 9.17) is 11.6 Å². The Balaban J connectivity index is 1.22. The molecule has 2 N–H and O–H groups in total. The molecular formula is C28H22ClF6N7OS2. The molecular weight excluding hydrogens is 664 g/mol. The number of alkyl halides is 6. The minimum absolute atomic E-state index is 0.0299. The molecule has 1 aliphatic heterocycles.